The molecule has 10 heteroatoms. The molecule has 1 fully saturated rings. The van der Waals surface area contributed by atoms with E-state index in [1.54, 1.807) is 48.4 Å². The Balaban J connectivity index is 1.31. The summed E-state index contributed by atoms with van der Waals surface area (Å²) in [5, 5.41) is 5.56. The van der Waals surface area contributed by atoms with E-state index in [9.17, 15) is 18.4 Å². The summed E-state index contributed by atoms with van der Waals surface area (Å²) >= 11 is 7.57. The predicted molar refractivity (Wildman–Crippen MR) is 134 cm³/mol. The molecule has 36 heavy (non-hydrogen) atoms. The lowest BCUT2D eigenvalue weighted by Gasteiger charge is -2.36. The Morgan fingerprint density at radius 3 is 2.61 bits per heavy atom. The summed E-state index contributed by atoms with van der Waals surface area (Å²) in [6.07, 6.45) is 1.42. The largest absolute Gasteiger partial charge is 0.476 e. The van der Waals surface area contributed by atoms with Crippen molar-refractivity contribution in [1.29, 1.82) is 0 Å². The number of carbonyl (C=O) groups excluding carboxylic acids is 2. The van der Waals surface area contributed by atoms with Crippen LogP contribution in [-0.2, 0) is 11.3 Å². The van der Waals surface area contributed by atoms with Gasteiger partial charge in [0.1, 0.15) is 23.1 Å². The van der Waals surface area contributed by atoms with Gasteiger partial charge in [-0.15, -0.1) is 11.3 Å². The average molecular weight is 534 g/mol. The van der Waals surface area contributed by atoms with Crippen LogP contribution in [0.4, 0.5) is 8.78 Å². The van der Waals surface area contributed by atoms with E-state index in [4.69, 9.17) is 16.3 Å². The van der Waals surface area contributed by atoms with E-state index in [2.05, 4.69) is 10.3 Å². The molecular formula is C26H26ClF2N3O3S. The minimum absolute atomic E-state index is 0.0651. The normalized spacial score (nSPS) is 14.5. The summed E-state index contributed by atoms with van der Waals surface area (Å²) in [5.74, 6) is -1.33. The maximum Gasteiger partial charge on any atom is 0.271 e. The molecule has 3 aromatic rings. The van der Waals surface area contributed by atoms with Gasteiger partial charge in [0.15, 0.2) is 5.60 Å². The fourth-order valence-corrected chi connectivity index (χ4v) is 5.21. The summed E-state index contributed by atoms with van der Waals surface area (Å²) in [5.41, 5.74) is -0.627. The molecule has 6 nitrogen and oxygen atoms in total. The molecule has 0 saturated carbocycles. The third kappa shape index (κ3) is 6.02. The van der Waals surface area contributed by atoms with Crippen LogP contribution < -0.4 is 10.1 Å². The number of hydrogen-bond donors (Lipinski definition) is 1. The SMILES string of the molecule is CC(C)(Oc1ccccc1Cl)C(=O)N1CCC(c2nc(C(=O)NCc3ccc(F)cc3F)cs2)CC1. The Morgan fingerprint density at radius 2 is 1.92 bits per heavy atom. The number of para-hydroxylation sites is 1. The maximum atomic E-state index is 13.8. The average Bonchev–Trinajstić information content (AvgIpc) is 3.35. The van der Waals surface area contributed by atoms with Crippen molar-refractivity contribution in [2.75, 3.05) is 13.1 Å². The highest BCUT2D eigenvalue weighted by atomic mass is 35.5. The summed E-state index contributed by atoms with van der Waals surface area (Å²) < 4.78 is 32.8. The quantitative estimate of drug-likeness (QED) is 0.431. The number of benzene rings is 2. The third-order valence-electron chi connectivity index (χ3n) is 6.06. The molecule has 0 spiro atoms. The van der Waals surface area contributed by atoms with Gasteiger partial charge in [-0.25, -0.2) is 13.8 Å². The van der Waals surface area contributed by atoms with E-state index in [1.807, 2.05) is 0 Å². The zero-order valence-corrected chi connectivity index (χ0v) is 21.5. The second-order valence-electron chi connectivity index (χ2n) is 9.10. The van der Waals surface area contributed by atoms with Crippen LogP contribution in [0.1, 0.15) is 53.7 Å². The van der Waals surface area contributed by atoms with Crippen molar-refractivity contribution >= 4 is 34.8 Å². The Bertz CT molecular complexity index is 1260. The van der Waals surface area contributed by atoms with Crippen LogP contribution in [0, 0.1) is 11.6 Å². The molecule has 1 N–H and O–H groups in total. The molecule has 0 radical (unpaired) electrons. The molecule has 4 rings (SSSR count). The van der Waals surface area contributed by atoms with E-state index < -0.39 is 23.1 Å². The van der Waals surface area contributed by atoms with Gasteiger partial charge in [0, 0.05) is 42.6 Å². The number of ether oxygens (including phenoxy) is 1. The highest BCUT2D eigenvalue weighted by molar-refractivity contribution is 7.09. The van der Waals surface area contributed by atoms with Gasteiger partial charge >= 0.3 is 0 Å². The number of aromatic nitrogens is 1. The molecule has 0 atom stereocenters. The molecule has 1 saturated heterocycles. The van der Waals surface area contributed by atoms with E-state index in [-0.39, 0.29) is 29.6 Å². The zero-order chi connectivity index (χ0) is 25.9. The first-order chi connectivity index (χ1) is 17.1. The molecule has 1 aliphatic heterocycles. The van der Waals surface area contributed by atoms with Gasteiger partial charge in [-0.2, -0.15) is 0 Å². The lowest BCUT2D eigenvalue weighted by Crippen LogP contribution is -2.51. The van der Waals surface area contributed by atoms with Crippen molar-refractivity contribution in [2.24, 2.45) is 0 Å². The second kappa shape index (κ2) is 10.9. The Kier molecular flexibility index (Phi) is 7.90. The molecular weight excluding hydrogens is 508 g/mol. The van der Waals surface area contributed by atoms with Crippen LogP contribution in [0.5, 0.6) is 5.75 Å². The Labute approximate surface area is 217 Å². The molecule has 2 amide bonds. The van der Waals surface area contributed by atoms with Crippen molar-refractivity contribution in [3.8, 4) is 5.75 Å². The zero-order valence-electron chi connectivity index (χ0n) is 19.9. The number of likely N-dealkylation sites (tertiary alicyclic amines) is 1. The molecule has 0 unspecified atom stereocenters. The topological polar surface area (TPSA) is 71.5 Å². The Morgan fingerprint density at radius 1 is 1.19 bits per heavy atom. The number of thiazole rings is 1. The van der Waals surface area contributed by atoms with Crippen molar-refractivity contribution in [3.05, 3.63) is 80.8 Å². The molecule has 1 aromatic heterocycles. The first-order valence-electron chi connectivity index (χ1n) is 11.5. The third-order valence-corrected chi connectivity index (χ3v) is 7.38. The smallest absolute Gasteiger partial charge is 0.271 e. The van der Waals surface area contributed by atoms with Gasteiger partial charge in [0.05, 0.1) is 10.0 Å². The number of carbonyl (C=O) groups is 2. The summed E-state index contributed by atoms with van der Waals surface area (Å²) in [4.78, 5) is 31.9. The monoisotopic (exact) mass is 533 g/mol. The molecule has 0 aliphatic carbocycles. The van der Waals surface area contributed by atoms with Gasteiger partial charge < -0.3 is 15.0 Å². The van der Waals surface area contributed by atoms with Crippen LogP contribution in [0.25, 0.3) is 0 Å². The number of hydrogen-bond acceptors (Lipinski definition) is 5. The van der Waals surface area contributed by atoms with E-state index >= 15 is 0 Å². The highest BCUT2D eigenvalue weighted by Crippen LogP contribution is 2.33. The van der Waals surface area contributed by atoms with Crippen LogP contribution in [-0.4, -0.2) is 40.4 Å². The van der Waals surface area contributed by atoms with Gasteiger partial charge in [-0.1, -0.05) is 29.8 Å². The molecule has 2 aromatic carbocycles. The van der Waals surface area contributed by atoms with Crippen molar-refractivity contribution < 1.29 is 23.1 Å². The number of nitrogens with one attached hydrogen (secondary N) is 1. The van der Waals surface area contributed by atoms with Gasteiger partial charge in [0.25, 0.3) is 11.8 Å². The van der Waals surface area contributed by atoms with Crippen molar-refractivity contribution in [3.63, 3.8) is 0 Å². The molecule has 2 heterocycles. The fraction of sp³-hybridized carbons (Fsp3) is 0.346. The van der Waals surface area contributed by atoms with E-state index in [0.717, 1.165) is 17.1 Å². The van der Waals surface area contributed by atoms with Gasteiger partial charge in [0.2, 0.25) is 0 Å². The Hall–Kier alpha value is -3.04. The number of nitrogens with zero attached hydrogens (tertiary/aromatic N) is 2. The van der Waals surface area contributed by atoms with Gasteiger partial charge in [-0.05, 0) is 44.9 Å². The minimum Gasteiger partial charge on any atom is -0.476 e. The second-order valence-corrected chi connectivity index (χ2v) is 10.4. The van der Waals surface area contributed by atoms with Crippen molar-refractivity contribution in [2.45, 2.75) is 44.8 Å². The maximum absolute atomic E-state index is 13.8. The van der Waals surface area contributed by atoms with Crippen LogP contribution in [0.15, 0.2) is 47.8 Å². The standard InChI is InChI=1S/C26H26ClF2N3O3S/c1-26(2,35-22-6-4-3-5-19(22)27)25(34)32-11-9-16(10-12-32)24-31-21(15-36-24)23(33)30-14-17-7-8-18(28)13-20(17)29/h3-8,13,15-16H,9-12,14H2,1-2H3,(H,30,33). The first-order valence-corrected chi connectivity index (χ1v) is 12.8. The lowest BCUT2D eigenvalue weighted by atomic mass is 9.96. The van der Waals surface area contributed by atoms with Crippen LogP contribution in [0.2, 0.25) is 5.02 Å². The highest BCUT2D eigenvalue weighted by Gasteiger charge is 2.37. The van der Waals surface area contributed by atoms with Crippen LogP contribution in [0.3, 0.4) is 0 Å². The summed E-state index contributed by atoms with van der Waals surface area (Å²) in [6, 6.07) is 10.3. The first kappa shape index (κ1) is 26.0. The molecule has 0 bridgehead atoms. The summed E-state index contributed by atoms with van der Waals surface area (Å²) in [6.45, 7) is 4.49. The minimum atomic E-state index is -1.08. The fourth-order valence-electron chi connectivity index (χ4n) is 4.07. The number of halogens is 3. The molecule has 1 aliphatic rings. The van der Waals surface area contributed by atoms with Crippen molar-refractivity contribution in [1.82, 2.24) is 15.2 Å². The van der Waals surface area contributed by atoms with E-state index in [0.29, 0.717) is 36.7 Å². The summed E-state index contributed by atoms with van der Waals surface area (Å²) in [7, 11) is 0. The lowest BCUT2D eigenvalue weighted by molar-refractivity contribution is -0.146. The number of rotatable bonds is 7. The predicted octanol–water partition coefficient (Wildman–Crippen LogP) is 5.57. The van der Waals surface area contributed by atoms with E-state index in [1.165, 1.54) is 17.4 Å². The number of amides is 2. The van der Waals surface area contributed by atoms with Crippen LogP contribution >= 0.6 is 22.9 Å². The molecule has 190 valence electrons. The van der Waals surface area contributed by atoms with Gasteiger partial charge in [-0.3, -0.25) is 9.59 Å². The number of piperidine rings is 1.